The molecule has 0 amide bonds. The second-order valence-corrected chi connectivity index (χ2v) is 12.3. The Bertz CT molecular complexity index is 3690. The van der Waals surface area contributed by atoms with Gasteiger partial charge >= 0.3 is 0 Å². The van der Waals surface area contributed by atoms with Crippen LogP contribution in [0.15, 0.2) is 168 Å². The van der Waals surface area contributed by atoms with Crippen LogP contribution in [-0.2, 0) is 0 Å². The van der Waals surface area contributed by atoms with Crippen molar-refractivity contribution in [2.45, 2.75) is 0 Å². The van der Waals surface area contributed by atoms with Gasteiger partial charge in [-0.05, 0) is 58.5 Å². The normalized spacial score (nSPS) is 15.5. The number of thiophene rings is 1. The van der Waals surface area contributed by atoms with Crippen molar-refractivity contribution < 1.29 is 23.6 Å². The van der Waals surface area contributed by atoms with Crippen LogP contribution in [0.1, 0.15) is 19.2 Å². The third-order valence-corrected chi connectivity index (χ3v) is 9.48. The molecule has 50 heavy (non-hydrogen) atoms. The summed E-state index contributed by atoms with van der Waals surface area (Å²) in [5.41, 5.74) is 2.69. The molecule has 4 nitrogen and oxygen atoms in total. The highest BCUT2D eigenvalue weighted by Gasteiger charge is 2.19. The van der Waals surface area contributed by atoms with Crippen LogP contribution in [0, 0.1) is 0 Å². The Balaban J connectivity index is 1.32. The second-order valence-electron chi connectivity index (χ2n) is 11.3. The zero-order chi connectivity index (χ0) is 45.2. The molecular formula is C45H27N3OS. The number of para-hydroxylation sites is 1. The molecule has 0 saturated carbocycles. The molecule has 0 atom stereocenters. The lowest BCUT2D eigenvalue weighted by Crippen LogP contribution is -2.01. The van der Waals surface area contributed by atoms with Crippen LogP contribution in [0.4, 0.5) is 0 Å². The average molecular weight is 672 g/mol. The maximum Gasteiger partial charge on any atom is 0.165 e. The summed E-state index contributed by atoms with van der Waals surface area (Å²) in [6, 6.07) is 17.6. The number of nitrogens with zero attached hydrogens (tertiary/aromatic N) is 3. The lowest BCUT2D eigenvalue weighted by Gasteiger charge is -2.13. The van der Waals surface area contributed by atoms with Gasteiger partial charge in [0.15, 0.2) is 17.5 Å². The smallest absolute Gasteiger partial charge is 0.165 e. The van der Waals surface area contributed by atoms with Crippen molar-refractivity contribution in [3.8, 4) is 56.4 Å². The van der Waals surface area contributed by atoms with Gasteiger partial charge in [0.2, 0.25) is 0 Å². The van der Waals surface area contributed by atoms with Crippen molar-refractivity contribution >= 4 is 53.4 Å². The Morgan fingerprint density at radius 2 is 1.14 bits per heavy atom. The van der Waals surface area contributed by atoms with Gasteiger partial charge in [-0.1, -0.05) is 127 Å². The van der Waals surface area contributed by atoms with Crippen molar-refractivity contribution in [1.82, 2.24) is 15.0 Å². The first-order valence-electron chi connectivity index (χ1n) is 22.5. The highest BCUT2D eigenvalue weighted by Crippen LogP contribution is 2.41. The minimum Gasteiger partial charge on any atom is -0.456 e. The fraction of sp³-hybridized carbons (Fsp3) is 0. The standard InChI is InChI=1S/C45H27N3OS/c1-2-12-28(13-3-1)29-14-10-15-30(26-29)32-16-4-5-19-37(32)44-46-43(31-24-25-34-33-17-6-8-22-39(33)49-40(34)27-31)47-45(48-44)38-21-11-20-36-35-18-7-9-23-41(35)50-42(36)38/h1-27H/i6D,7D,8D,9D,11D,17D,18D,20D,21D,22D,23D,24D,25D,27D. The summed E-state index contributed by atoms with van der Waals surface area (Å²) < 4.78 is 129. The molecule has 10 rings (SSSR count). The molecule has 0 radical (unpaired) electrons. The van der Waals surface area contributed by atoms with Gasteiger partial charge in [0.1, 0.15) is 11.2 Å². The predicted molar refractivity (Wildman–Crippen MR) is 207 cm³/mol. The molecule has 0 fully saturated rings. The minimum absolute atomic E-state index is 0.00540. The maximum absolute atomic E-state index is 9.44. The van der Waals surface area contributed by atoms with Crippen LogP contribution in [0.25, 0.3) is 98.5 Å². The topological polar surface area (TPSA) is 51.8 Å². The average Bonchev–Trinajstić information content (AvgIpc) is 3.92. The number of hydrogen-bond donors (Lipinski definition) is 0. The van der Waals surface area contributed by atoms with E-state index in [0.29, 0.717) is 11.1 Å². The van der Waals surface area contributed by atoms with E-state index in [1.807, 2.05) is 66.7 Å². The van der Waals surface area contributed by atoms with E-state index in [9.17, 15) is 5.48 Å². The monoisotopic (exact) mass is 671 g/mol. The molecule has 0 aliphatic heterocycles. The van der Waals surface area contributed by atoms with Gasteiger partial charge in [-0.2, -0.15) is 0 Å². The molecule has 0 saturated heterocycles. The molecule has 3 heterocycles. The van der Waals surface area contributed by atoms with Crippen LogP contribution in [-0.4, -0.2) is 15.0 Å². The van der Waals surface area contributed by atoms with Gasteiger partial charge in [-0.15, -0.1) is 11.3 Å². The molecule has 7 aromatic carbocycles. The third-order valence-electron chi connectivity index (χ3n) is 8.35. The van der Waals surface area contributed by atoms with Gasteiger partial charge in [-0.3, -0.25) is 0 Å². The molecule has 0 spiro atoms. The Kier molecular flexibility index (Phi) is 4.14. The van der Waals surface area contributed by atoms with Gasteiger partial charge in [-0.25, -0.2) is 15.0 Å². The Morgan fingerprint density at radius 1 is 0.460 bits per heavy atom. The van der Waals surface area contributed by atoms with Crippen molar-refractivity contribution in [2.75, 3.05) is 0 Å². The quantitative estimate of drug-likeness (QED) is 0.183. The first kappa shape index (κ1) is 17.8. The van der Waals surface area contributed by atoms with Crippen LogP contribution in [0.2, 0.25) is 0 Å². The summed E-state index contributed by atoms with van der Waals surface area (Å²) >= 11 is 0.885. The first-order valence-corrected chi connectivity index (χ1v) is 16.3. The van der Waals surface area contributed by atoms with E-state index in [0.717, 1.165) is 28.0 Å². The molecule has 3 aromatic heterocycles. The zero-order valence-corrected chi connectivity index (χ0v) is 26.5. The fourth-order valence-electron chi connectivity index (χ4n) is 6.04. The number of aromatic nitrogens is 3. The summed E-state index contributed by atoms with van der Waals surface area (Å²) in [6.45, 7) is 0. The molecular weight excluding hydrogens is 631 g/mol. The summed E-state index contributed by atoms with van der Waals surface area (Å²) in [6.07, 6.45) is 0. The summed E-state index contributed by atoms with van der Waals surface area (Å²) in [5.74, 6) is -0.611. The SMILES string of the molecule is [2H]c1c([2H])c([2H])c2c(oc3c([2H])c(-c4nc(-c5ccccc5-c5cccc(-c6ccccc6)c5)nc(-c5c([2H])c([2H])c([2H])c6c5sc5c([2H])c([2H])c([2H])c([2H])c56)n4)c([2H])c([2H])c32)c1[2H]. The molecule has 234 valence electrons. The largest absolute Gasteiger partial charge is 0.456 e. The minimum atomic E-state index is -0.583. The summed E-state index contributed by atoms with van der Waals surface area (Å²) in [5, 5.41) is -0.357. The Morgan fingerprint density at radius 3 is 2.04 bits per heavy atom. The van der Waals surface area contributed by atoms with Crippen LogP contribution < -0.4 is 0 Å². The Labute approximate surface area is 311 Å². The number of hydrogen-bond acceptors (Lipinski definition) is 5. The van der Waals surface area contributed by atoms with E-state index in [1.54, 1.807) is 12.1 Å². The molecule has 10 aromatic rings. The first-order chi connectivity index (χ1) is 30.6. The maximum atomic E-state index is 9.44. The number of rotatable bonds is 5. The second kappa shape index (κ2) is 11.6. The highest BCUT2D eigenvalue weighted by molar-refractivity contribution is 7.26. The van der Waals surface area contributed by atoms with Crippen molar-refractivity contribution in [3.05, 3.63) is 163 Å². The Hall–Kier alpha value is -6.43. The van der Waals surface area contributed by atoms with Crippen molar-refractivity contribution in [1.29, 1.82) is 0 Å². The number of fused-ring (bicyclic) bond motifs is 6. The van der Waals surface area contributed by atoms with E-state index in [1.165, 1.54) is 0 Å². The van der Waals surface area contributed by atoms with E-state index in [-0.39, 0.29) is 76.8 Å². The van der Waals surface area contributed by atoms with Crippen LogP contribution >= 0.6 is 11.3 Å². The number of furan rings is 1. The molecule has 0 aliphatic carbocycles. The van der Waals surface area contributed by atoms with Gasteiger partial charge in [0, 0.05) is 47.6 Å². The molecule has 0 unspecified atom stereocenters. The van der Waals surface area contributed by atoms with Gasteiger partial charge in [0.05, 0.1) is 19.2 Å². The van der Waals surface area contributed by atoms with Crippen LogP contribution in [0.5, 0.6) is 0 Å². The number of benzene rings is 7. The van der Waals surface area contributed by atoms with Gasteiger partial charge < -0.3 is 4.42 Å². The molecule has 0 N–H and O–H groups in total. The molecule has 0 bridgehead atoms. The van der Waals surface area contributed by atoms with E-state index in [2.05, 4.69) is 0 Å². The highest BCUT2D eigenvalue weighted by atomic mass is 32.1. The van der Waals surface area contributed by atoms with Gasteiger partial charge in [0.25, 0.3) is 0 Å². The van der Waals surface area contributed by atoms with E-state index in [4.69, 9.17) is 33.1 Å². The zero-order valence-electron chi connectivity index (χ0n) is 39.7. The van der Waals surface area contributed by atoms with Crippen molar-refractivity contribution in [3.63, 3.8) is 0 Å². The lowest BCUT2D eigenvalue weighted by molar-refractivity contribution is 0.669. The van der Waals surface area contributed by atoms with Crippen molar-refractivity contribution in [2.24, 2.45) is 0 Å². The van der Waals surface area contributed by atoms with Crippen LogP contribution in [0.3, 0.4) is 0 Å². The molecule has 0 aliphatic rings. The van der Waals surface area contributed by atoms with E-state index < -0.39 is 78.6 Å². The third kappa shape index (κ3) is 4.79. The lowest BCUT2D eigenvalue weighted by atomic mass is 9.95. The molecule has 5 heteroatoms. The fourth-order valence-corrected chi connectivity index (χ4v) is 7.10. The predicted octanol–water partition coefficient (Wildman–Crippen LogP) is 12.5. The van der Waals surface area contributed by atoms with E-state index >= 15 is 0 Å². The summed E-state index contributed by atoms with van der Waals surface area (Å²) in [4.78, 5) is 14.4. The summed E-state index contributed by atoms with van der Waals surface area (Å²) in [7, 11) is 0.